The third kappa shape index (κ3) is 4.19. The largest absolute Gasteiger partial charge is 0.368 e. The van der Waals surface area contributed by atoms with Crippen LogP contribution in [0.5, 0.6) is 0 Å². The van der Waals surface area contributed by atoms with E-state index in [-0.39, 0.29) is 18.4 Å². The van der Waals surface area contributed by atoms with Crippen LogP contribution in [0, 0.1) is 0 Å². The second-order valence-corrected chi connectivity index (χ2v) is 4.16. The molecule has 0 aliphatic carbocycles. The Balaban J connectivity index is 2.63. The number of aromatic nitrogens is 2. The quantitative estimate of drug-likeness (QED) is 0.486. The van der Waals surface area contributed by atoms with E-state index in [9.17, 15) is 19.2 Å². The molecule has 1 rings (SSSR count). The average Bonchev–Trinajstić information content (AvgIpc) is 2.79. The first-order chi connectivity index (χ1) is 9.31. The lowest BCUT2D eigenvalue weighted by atomic mass is 10.1. The van der Waals surface area contributed by atoms with Crippen molar-refractivity contribution < 1.29 is 19.2 Å². The minimum Gasteiger partial charge on any atom is -0.368 e. The van der Waals surface area contributed by atoms with Crippen LogP contribution in [0.4, 0.5) is 0 Å². The maximum atomic E-state index is 11.8. The van der Waals surface area contributed by atoms with Gasteiger partial charge in [0, 0.05) is 19.7 Å². The zero-order valence-corrected chi connectivity index (χ0v) is 10.8. The van der Waals surface area contributed by atoms with Gasteiger partial charge in [-0.25, -0.2) is 0 Å². The van der Waals surface area contributed by atoms with Gasteiger partial charge in [-0.3, -0.25) is 23.9 Å². The number of hydrogen-bond acceptors (Lipinski definition) is 5. The molecule has 9 nitrogen and oxygen atoms in total. The summed E-state index contributed by atoms with van der Waals surface area (Å²) in [5.41, 5.74) is 10.2. The summed E-state index contributed by atoms with van der Waals surface area (Å²) >= 11 is 0. The number of Topliss-reactive ketones (excluding diaryl/α,β-unsaturated/α-hetero) is 1. The van der Waals surface area contributed by atoms with E-state index in [1.165, 1.54) is 17.1 Å². The Morgan fingerprint density at radius 3 is 2.45 bits per heavy atom. The highest BCUT2D eigenvalue weighted by Crippen LogP contribution is 2.02. The van der Waals surface area contributed by atoms with Crippen LogP contribution in [0.1, 0.15) is 23.2 Å². The van der Waals surface area contributed by atoms with E-state index in [1.807, 2.05) is 0 Å². The highest BCUT2D eigenvalue weighted by molar-refractivity contribution is 6.35. The highest BCUT2D eigenvalue weighted by Gasteiger charge is 2.21. The number of carbonyl (C=O) groups is 4. The summed E-state index contributed by atoms with van der Waals surface area (Å²) in [5.74, 6) is -3.27. The van der Waals surface area contributed by atoms with Crippen LogP contribution in [-0.4, -0.2) is 39.3 Å². The monoisotopic (exact) mass is 281 g/mol. The van der Waals surface area contributed by atoms with E-state index in [1.54, 1.807) is 7.05 Å². The van der Waals surface area contributed by atoms with Gasteiger partial charge in [-0.1, -0.05) is 0 Å². The number of primary amides is 2. The lowest BCUT2D eigenvalue weighted by Gasteiger charge is -2.13. The predicted molar refractivity (Wildman–Crippen MR) is 67.1 cm³/mol. The van der Waals surface area contributed by atoms with E-state index >= 15 is 0 Å². The van der Waals surface area contributed by atoms with Gasteiger partial charge in [0.2, 0.25) is 11.7 Å². The van der Waals surface area contributed by atoms with Gasteiger partial charge >= 0.3 is 0 Å². The summed E-state index contributed by atoms with van der Waals surface area (Å²) < 4.78 is 1.42. The van der Waals surface area contributed by atoms with Crippen LogP contribution in [-0.2, 0) is 21.4 Å². The van der Waals surface area contributed by atoms with Crippen LogP contribution >= 0.6 is 0 Å². The van der Waals surface area contributed by atoms with Gasteiger partial charge in [0.25, 0.3) is 11.8 Å². The summed E-state index contributed by atoms with van der Waals surface area (Å²) in [6, 6.07) is -1.06. The van der Waals surface area contributed by atoms with E-state index < -0.39 is 29.5 Å². The number of aryl methyl sites for hydroxylation is 1. The standard InChI is InChI=1S/C11H15N5O4/c1-16-5-6(4-14-16)11(20)15-7(9(12)18)2-3-8(17)10(13)19/h4-5,7H,2-3H2,1H3,(H2,12,18)(H2,13,19)(H,15,20). The Hall–Kier alpha value is -2.71. The second kappa shape index (κ2) is 6.45. The fourth-order valence-electron chi connectivity index (χ4n) is 1.46. The second-order valence-electron chi connectivity index (χ2n) is 4.16. The molecule has 1 aromatic rings. The fourth-order valence-corrected chi connectivity index (χ4v) is 1.46. The minimum atomic E-state index is -1.09. The van der Waals surface area contributed by atoms with Gasteiger partial charge < -0.3 is 16.8 Å². The van der Waals surface area contributed by atoms with Gasteiger partial charge in [-0.2, -0.15) is 5.10 Å². The number of nitrogens with two attached hydrogens (primary N) is 2. The Kier molecular flexibility index (Phi) is 4.95. The van der Waals surface area contributed by atoms with Gasteiger partial charge in [0.15, 0.2) is 0 Å². The Bertz CT molecular complexity index is 551. The molecule has 1 unspecified atom stereocenters. The number of hydrogen-bond donors (Lipinski definition) is 3. The van der Waals surface area contributed by atoms with Crippen LogP contribution in [0.2, 0.25) is 0 Å². The van der Waals surface area contributed by atoms with Crippen LogP contribution in [0.3, 0.4) is 0 Å². The summed E-state index contributed by atoms with van der Waals surface area (Å²) in [5, 5.41) is 6.18. The molecule has 0 bridgehead atoms. The molecule has 0 radical (unpaired) electrons. The molecule has 0 saturated carbocycles. The number of carbonyl (C=O) groups excluding carboxylic acids is 4. The molecule has 0 fully saturated rings. The first kappa shape index (κ1) is 15.3. The Labute approximate surface area is 114 Å². The molecule has 0 aliphatic heterocycles. The molecule has 5 N–H and O–H groups in total. The van der Waals surface area contributed by atoms with Crippen molar-refractivity contribution in [3.8, 4) is 0 Å². The van der Waals surface area contributed by atoms with Crippen molar-refractivity contribution >= 4 is 23.5 Å². The van der Waals surface area contributed by atoms with Crippen molar-refractivity contribution in [2.45, 2.75) is 18.9 Å². The molecule has 1 atom stereocenters. The van der Waals surface area contributed by atoms with E-state index in [2.05, 4.69) is 10.4 Å². The number of nitrogens with zero attached hydrogens (tertiary/aromatic N) is 2. The van der Waals surface area contributed by atoms with Gasteiger partial charge in [-0.15, -0.1) is 0 Å². The third-order valence-electron chi connectivity index (χ3n) is 2.55. The molecule has 108 valence electrons. The van der Waals surface area contributed by atoms with Crippen molar-refractivity contribution in [3.05, 3.63) is 18.0 Å². The predicted octanol–water partition coefficient (Wildman–Crippen LogP) is -2.16. The van der Waals surface area contributed by atoms with Crippen molar-refractivity contribution in [2.24, 2.45) is 18.5 Å². The highest BCUT2D eigenvalue weighted by atomic mass is 16.2. The fraction of sp³-hybridized carbons (Fsp3) is 0.364. The van der Waals surface area contributed by atoms with Gasteiger partial charge in [0.1, 0.15) is 6.04 Å². The number of nitrogens with one attached hydrogen (secondary N) is 1. The average molecular weight is 281 g/mol. The molecule has 0 aliphatic rings. The van der Waals surface area contributed by atoms with E-state index in [4.69, 9.17) is 11.5 Å². The minimum absolute atomic E-state index is 0.0941. The smallest absolute Gasteiger partial charge is 0.284 e. The lowest BCUT2D eigenvalue weighted by Crippen LogP contribution is -2.45. The lowest BCUT2D eigenvalue weighted by molar-refractivity contribution is -0.136. The summed E-state index contributed by atoms with van der Waals surface area (Å²) in [6.07, 6.45) is 2.42. The van der Waals surface area contributed by atoms with Gasteiger partial charge in [-0.05, 0) is 6.42 Å². The van der Waals surface area contributed by atoms with Crippen molar-refractivity contribution in [2.75, 3.05) is 0 Å². The first-order valence-corrected chi connectivity index (χ1v) is 5.72. The van der Waals surface area contributed by atoms with E-state index in [0.717, 1.165) is 0 Å². The van der Waals surface area contributed by atoms with Crippen molar-refractivity contribution in [3.63, 3.8) is 0 Å². The number of rotatable bonds is 7. The first-order valence-electron chi connectivity index (χ1n) is 5.72. The maximum absolute atomic E-state index is 11.8. The molecular formula is C11H15N5O4. The summed E-state index contributed by atoms with van der Waals surface area (Å²) in [6.45, 7) is 0. The number of amides is 3. The molecular weight excluding hydrogens is 266 g/mol. The normalized spacial score (nSPS) is 11.7. The SMILES string of the molecule is Cn1cc(C(=O)NC(CCC(=O)C(N)=O)C(N)=O)cn1. The topological polar surface area (TPSA) is 150 Å². The molecule has 3 amide bonds. The molecule has 1 aromatic heterocycles. The molecule has 0 aromatic carbocycles. The molecule has 1 heterocycles. The molecule has 0 saturated heterocycles. The van der Waals surface area contributed by atoms with Crippen LogP contribution in [0.25, 0.3) is 0 Å². The summed E-state index contributed by atoms with van der Waals surface area (Å²) in [4.78, 5) is 44.7. The summed E-state index contributed by atoms with van der Waals surface area (Å²) in [7, 11) is 1.63. The Morgan fingerprint density at radius 1 is 1.35 bits per heavy atom. The van der Waals surface area contributed by atoms with E-state index in [0.29, 0.717) is 0 Å². The zero-order valence-electron chi connectivity index (χ0n) is 10.8. The van der Waals surface area contributed by atoms with Gasteiger partial charge in [0.05, 0.1) is 11.8 Å². The van der Waals surface area contributed by atoms with Crippen molar-refractivity contribution in [1.29, 1.82) is 0 Å². The zero-order chi connectivity index (χ0) is 15.3. The number of ketones is 1. The molecule has 0 spiro atoms. The van der Waals surface area contributed by atoms with Crippen LogP contribution in [0.15, 0.2) is 12.4 Å². The van der Waals surface area contributed by atoms with Crippen LogP contribution < -0.4 is 16.8 Å². The molecule has 20 heavy (non-hydrogen) atoms. The third-order valence-corrected chi connectivity index (χ3v) is 2.55. The maximum Gasteiger partial charge on any atom is 0.284 e. The molecule has 9 heteroatoms. The van der Waals surface area contributed by atoms with Crippen molar-refractivity contribution in [1.82, 2.24) is 15.1 Å². The Morgan fingerprint density at radius 2 is 2.00 bits per heavy atom.